The second-order valence-corrected chi connectivity index (χ2v) is 2.32. The van der Waals surface area contributed by atoms with Gasteiger partial charge in [0.05, 0.1) is 5.56 Å². The van der Waals surface area contributed by atoms with Crippen LogP contribution >= 0.6 is 0 Å². The van der Waals surface area contributed by atoms with E-state index >= 15 is 0 Å². The Morgan fingerprint density at radius 3 is 2.50 bits per heavy atom. The molecule has 1 heterocycles. The lowest BCUT2D eigenvalue weighted by atomic mass is 10.2. The monoisotopic (exact) mass is 207 g/mol. The molecule has 1 rings (SSSR count). The van der Waals surface area contributed by atoms with Gasteiger partial charge in [0.1, 0.15) is 0 Å². The quantitative estimate of drug-likeness (QED) is 0.691. The van der Waals surface area contributed by atoms with Gasteiger partial charge in [-0.15, -0.1) is 0 Å². The predicted molar refractivity (Wildman–Crippen MR) is 40.1 cm³/mol. The average molecular weight is 207 g/mol. The molecule has 14 heavy (non-hydrogen) atoms. The third kappa shape index (κ3) is 2.89. The molecule has 76 valence electrons. The van der Waals surface area contributed by atoms with Gasteiger partial charge in [0.15, 0.2) is 5.88 Å². The maximum atomic E-state index is 12.1. The molecule has 0 bridgehead atoms. The Balaban J connectivity index is 2.90. The van der Waals surface area contributed by atoms with Crippen LogP contribution in [0.15, 0.2) is 18.3 Å². The summed E-state index contributed by atoms with van der Waals surface area (Å²) in [4.78, 5) is 3.35. The van der Waals surface area contributed by atoms with Gasteiger partial charge in [-0.25, -0.2) is 4.98 Å². The van der Waals surface area contributed by atoms with Gasteiger partial charge in [-0.05, 0) is 6.07 Å². The van der Waals surface area contributed by atoms with E-state index < -0.39 is 24.9 Å². The van der Waals surface area contributed by atoms with Crippen molar-refractivity contribution in [3.63, 3.8) is 0 Å². The van der Waals surface area contributed by atoms with Gasteiger partial charge >= 0.3 is 13.5 Å². The van der Waals surface area contributed by atoms with E-state index in [1.807, 2.05) is 0 Å². The molecule has 0 aromatic carbocycles. The van der Waals surface area contributed by atoms with Crippen LogP contribution in [-0.2, 0) is 6.18 Å². The number of pyridine rings is 1. The highest BCUT2D eigenvalue weighted by molar-refractivity contribution is 6.33. The van der Waals surface area contributed by atoms with Crippen molar-refractivity contribution in [3.05, 3.63) is 23.9 Å². The first-order valence-corrected chi connectivity index (χ1v) is 3.45. The van der Waals surface area contributed by atoms with Crippen LogP contribution in [0.5, 0.6) is 5.88 Å². The van der Waals surface area contributed by atoms with E-state index in [1.165, 1.54) is 0 Å². The Kier molecular flexibility index (Phi) is 2.97. The number of hydrogen-bond acceptors (Lipinski definition) is 4. The topological polar surface area (TPSA) is 62.6 Å². The molecule has 8 heteroatoms. The Hall–Kier alpha value is -1.28. The van der Waals surface area contributed by atoms with Gasteiger partial charge in [0.2, 0.25) is 0 Å². The maximum absolute atomic E-state index is 12.1. The molecule has 0 fully saturated rings. The molecule has 0 spiro atoms. The number of nitrogens with zero attached hydrogens (tertiary/aromatic N) is 1. The second kappa shape index (κ2) is 3.85. The summed E-state index contributed by atoms with van der Waals surface area (Å²) in [6, 6.07) is 1.32. The van der Waals surface area contributed by atoms with Crippen molar-refractivity contribution in [1.82, 2.24) is 4.98 Å². The van der Waals surface area contributed by atoms with E-state index in [0.29, 0.717) is 6.07 Å². The van der Waals surface area contributed by atoms with Gasteiger partial charge in [-0.2, -0.15) is 13.2 Å². The Morgan fingerprint density at radius 2 is 2.00 bits per heavy atom. The fraction of sp³-hybridized carbons (Fsp3) is 0.167. The first-order valence-electron chi connectivity index (χ1n) is 3.45. The molecule has 0 aliphatic carbocycles. The van der Waals surface area contributed by atoms with Crippen LogP contribution in [0.1, 0.15) is 5.56 Å². The molecule has 0 radical (unpaired) electrons. The summed E-state index contributed by atoms with van der Waals surface area (Å²) in [7, 11) is -2.19. The largest absolute Gasteiger partial charge is 0.708 e. The van der Waals surface area contributed by atoms with Crippen LogP contribution in [0.25, 0.3) is 0 Å². The molecular formula is C6H5BF3NO3. The minimum Gasteiger partial charge on any atom is -0.498 e. The summed E-state index contributed by atoms with van der Waals surface area (Å²) in [6.45, 7) is 0. The standard InChI is InChI=1S/C6H5BF3NO3/c8-6(9,10)4-1-2-11-5(3-4)14-7(12)13/h1-3,12-13H. The van der Waals surface area contributed by atoms with Crippen LogP contribution in [-0.4, -0.2) is 22.4 Å². The molecule has 1 aromatic heterocycles. The molecule has 4 nitrogen and oxygen atoms in total. The first-order chi connectivity index (χ1) is 6.39. The van der Waals surface area contributed by atoms with Crippen LogP contribution in [0.4, 0.5) is 13.2 Å². The molecule has 0 atom stereocenters. The van der Waals surface area contributed by atoms with Crippen molar-refractivity contribution in [2.45, 2.75) is 6.18 Å². The molecule has 2 N–H and O–H groups in total. The zero-order valence-electron chi connectivity index (χ0n) is 6.69. The van der Waals surface area contributed by atoms with Crippen molar-refractivity contribution < 1.29 is 27.9 Å². The van der Waals surface area contributed by atoms with E-state index in [2.05, 4.69) is 9.64 Å². The van der Waals surface area contributed by atoms with Crippen molar-refractivity contribution >= 4 is 7.32 Å². The summed E-state index contributed by atoms with van der Waals surface area (Å²) in [5, 5.41) is 16.6. The highest BCUT2D eigenvalue weighted by Gasteiger charge is 2.31. The lowest BCUT2D eigenvalue weighted by molar-refractivity contribution is -0.137. The van der Waals surface area contributed by atoms with Gasteiger partial charge in [-0.3, -0.25) is 0 Å². The third-order valence-corrected chi connectivity index (χ3v) is 1.29. The molecular weight excluding hydrogens is 202 g/mol. The molecule has 0 aliphatic heterocycles. The van der Waals surface area contributed by atoms with E-state index in [4.69, 9.17) is 10.0 Å². The lowest BCUT2D eigenvalue weighted by Gasteiger charge is -2.08. The van der Waals surface area contributed by atoms with Crippen molar-refractivity contribution in [1.29, 1.82) is 0 Å². The Bertz CT molecular complexity index is 317. The summed E-state index contributed by atoms with van der Waals surface area (Å²) in [5.74, 6) is -0.505. The molecule has 0 unspecified atom stereocenters. The molecule has 0 aliphatic rings. The lowest BCUT2D eigenvalue weighted by Crippen LogP contribution is -2.21. The third-order valence-electron chi connectivity index (χ3n) is 1.29. The van der Waals surface area contributed by atoms with Crippen molar-refractivity contribution in [3.8, 4) is 5.88 Å². The van der Waals surface area contributed by atoms with Crippen LogP contribution in [0, 0.1) is 0 Å². The fourth-order valence-electron chi connectivity index (χ4n) is 0.758. The molecule has 1 aromatic rings. The number of alkyl halides is 3. The summed E-state index contributed by atoms with van der Waals surface area (Å²) in [5.41, 5.74) is -0.969. The smallest absolute Gasteiger partial charge is 0.498 e. The van der Waals surface area contributed by atoms with E-state index in [9.17, 15) is 13.2 Å². The number of halogens is 3. The molecule has 0 amide bonds. The second-order valence-electron chi connectivity index (χ2n) is 2.32. The van der Waals surface area contributed by atoms with Gasteiger partial charge in [0, 0.05) is 12.3 Å². The maximum Gasteiger partial charge on any atom is 0.708 e. The zero-order valence-corrected chi connectivity index (χ0v) is 6.69. The number of rotatable bonds is 2. The zero-order chi connectivity index (χ0) is 10.8. The summed E-state index contributed by atoms with van der Waals surface area (Å²) < 4.78 is 40.4. The molecule has 0 saturated heterocycles. The normalized spacial score (nSPS) is 11.2. The van der Waals surface area contributed by atoms with Crippen LogP contribution in [0.3, 0.4) is 0 Å². The number of aromatic nitrogens is 1. The van der Waals surface area contributed by atoms with E-state index in [-0.39, 0.29) is 0 Å². The fourth-order valence-corrected chi connectivity index (χ4v) is 0.758. The van der Waals surface area contributed by atoms with Crippen molar-refractivity contribution in [2.24, 2.45) is 0 Å². The number of hydrogen-bond donors (Lipinski definition) is 2. The van der Waals surface area contributed by atoms with Gasteiger partial charge < -0.3 is 14.7 Å². The minimum atomic E-state index is -4.51. The van der Waals surface area contributed by atoms with Crippen molar-refractivity contribution in [2.75, 3.05) is 0 Å². The van der Waals surface area contributed by atoms with Gasteiger partial charge in [-0.1, -0.05) is 0 Å². The van der Waals surface area contributed by atoms with Gasteiger partial charge in [0.25, 0.3) is 0 Å². The minimum absolute atomic E-state index is 0.505. The Morgan fingerprint density at radius 1 is 1.36 bits per heavy atom. The predicted octanol–water partition coefficient (Wildman–Crippen LogP) is 0.449. The van der Waals surface area contributed by atoms with E-state index in [0.717, 1.165) is 12.3 Å². The van der Waals surface area contributed by atoms with Crippen LogP contribution in [0.2, 0.25) is 0 Å². The van der Waals surface area contributed by atoms with E-state index in [1.54, 1.807) is 0 Å². The summed E-state index contributed by atoms with van der Waals surface area (Å²) >= 11 is 0. The summed E-state index contributed by atoms with van der Waals surface area (Å²) in [6.07, 6.45) is -3.65. The highest BCUT2D eigenvalue weighted by Crippen LogP contribution is 2.30. The highest BCUT2D eigenvalue weighted by atomic mass is 19.4. The molecule has 0 saturated carbocycles. The first kappa shape index (κ1) is 10.8. The average Bonchev–Trinajstić information content (AvgIpc) is 2.01. The van der Waals surface area contributed by atoms with Crippen LogP contribution < -0.4 is 4.65 Å². The SMILES string of the molecule is OB(O)Oc1cc(C(F)(F)F)ccn1. The Labute approximate surface area is 77.1 Å².